The van der Waals surface area contributed by atoms with Gasteiger partial charge in [0.1, 0.15) is 18.9 Å². The fraction of sp³-hybridized carbons (Fsp3) is 0.136. The van der Waals surface area contributed by atoms with Gasteiger partial charge in [-0.05, 0) is 48.0 Å². The van der Waals surface area contributed by atoms with E-state index < -0.39 is 22.5 Å². The Morgan fingerprint density at radius 2 is 1.58 bits per heavy atom. The lowest BCUT2D eigenvalue weighted by atomic mass is 10.2. The minimum atomic E-state index is -3.71. The number of benzene rings is 3. The van der Waals surface area contributed by atoms with Crippen LogP contribution in [0.1, 0.15) is 5.56 Å². The van der Waals surface area contributed by atoms with Crippen molar-refractivity contribution < 1.29 is 17.9 Å². The van der Waals surface area contributed by atoms with Crippen LogP contribution >= 0.6 is 23.2 Å². The average molecular weight is 479 g/mol. The predicted molar refractivity (Wildman–Crippen MR) is 124 cm³/mol. The summed E-state index contributed by atoms with van der Waals surface area (Å²) in [5, 5.41) is 3.32. The molecule has 6 nitrogen and oxygen atoms in total. The quantitative estimate of drug-likeness (QED) is 0.495. The van der Waals surface area contributed by atoms with Crippen LogP contribution in [-0.4, -0.2) is 27.1 Å². The van der Waals surface area contributed by atoms with Crippen molar-refractivity contribution >= 4 is 50.5 Å². The number of ether oxygens (including phenoxy) is 1. The number of hydrogen-bond donors (Lipinski definition) is 1. The Labute approximate surface area is 191 Å². The molecule has 0 unspecified atom stereocenters. The Balaban J connectivity index is 1.69. The Morgan fingerprint density at radius 1 is 0.968 bits per heavy atom. The molecule has 162 valence electrons. The van der Waals surface area contributed by atoms with Gasteiger partial charge in [-0.25, -0.2) is 8.42 Å². The zero-order chi connectivity index (χ0) is 22.4. The van der Waals surface area contributed by atoms with E-state index in [1.807, 2.05) is 30.3 Å². The molecule has 0 aromatic heterocycles. The summed E-state index contributed by atoms with van der Waals surface area (Å²) >= 11 is 11.9. The highest BCUT2D eigenvalue weighted by Crippen LogP contribution is 2.24. The summed E-state index contributed by atoms with van der Waals surface area (Å²) < 4.78 is 31.3. The van der Waals surface area contributed by atoms with Gasteiger partial charge in [-0.3, -0.25) is 9.10 Å². The summed E-state index contributed by atoms with van der Waals surface area (Å²) in [6, 6.07) is 20.7. The largest absolute Gasteiger partial charge is 0.489 e. The lowest BCUT2D eigenvalue weighted by Crippen LogP contribution is -2.37. The van der Waals surface area contributed by atoms with Crippen LogP contribution in [0.4, 0.5) is 11.4 Å². The molecule has 0 bridgehead atoms. The number of carbonyl (C=O) groups excluding carboxylic acids is 1. The number of nitrogens with zero attached hydrogens (tertiary/aromatic N) is 1. The second-order valence-electron chi connectivity index (χ2n) is 6.74. The van der Waals surface area contributed by atoms with Gasteiger partial charge in [-0.15, -0.1) is 0 Å². The van der Waals surface area contributed by atoms with Crippen LogP contribution in [0, 0.1) is 0 Å². The number of anilines is 2. The summed E-state index contributed by atoms with van der Waals surface area (Å²) in [5.74, 6) is 0.0484. The summed E-state index contributed by atoms with van der Waals surface area (Å²) in [6.07, 6.45) is 1.04. The fourth-order valence-corrected chi connectivity index (χ4v) is 4.19. The Bertz CT molecular complexity index is 1130. The SMILES string of the molecule is CS(=O)(=O)N(CC(=O)Nc1cc(Cl)cc(Cl)c1)c1ccc(OCc2ccccc2)cc1. The number of hydrogen-bond acceptors (Lipinski definition) is 4. The van der Waals surface area contributed by atoms with Crippen LogP contribution in [0.2, 0.25) is 10.0 Å². The maximum atomic E-state index is 12.5. The van der Waals surface area contributed by atoms with E-state index >= 15 is 0 Å². The van der Waals surface area contributed by atoms with Gasteiger partial charge in [-0.1, -0.05) is 53.5 Å². The molecule has 0 fully saturated rings. The molecule has 0 aliphatic heterocycles. The van der Waals surface area contributed by atoms with Crippen LogP contribution in [0.15, 0.2) is 72.8 Å². The second kappa shape index (κ2) is 10.0. The van der Waals surface area contributed by atoms with Crippen molar-refractivity contribution in [3.05, 3.63) is 88.4 Å². The van der Waals surface area contributed by atoms with Crippen molar-refractivity contribution in [3.8, 4) is 5.75 Å². The van der Waals surface area contributed by atoms with Crippen LogP contribution < -0.4 is 14.4 Å². The number of sulfonamides is 1. The van der Waals surface area contributed by atoms with E-state index in [0.29, 0.717) is 33.8 Å². The molecule has 0 atom stereocenters. The van der Waals surface area contributed by atoms with Crippen molar-refractivity contribution in [2.45, 2.75) is 6.61 Å². The van der Waals surface area contributed by atoms with Gasteiger partial charge in [0.25, 0.3) is 0 Å². The van der Waals surface area contributed by atoms with Gasteiger partial charge in [-0.2, -0.15) is 0 Å². The maximum absolute atomic E-state index is 12.5. The van der Waals surface area contributed by atoms with Crippen LogP contribution in [0.25, 0.3) is 0 Å². The van der Waals surface area contributed by atoms with Crippen molar-refractivity contribution in [1.82, 2.24) is 0 Å². The molecule has 0 radical (unpaired) electrons. The third-order valence-electron chi connectivity index (χ3n) is 4.21. The second-order valence-corrected chi connectivity index (χ2v) is 9.52. The molecule has 0 aliphatic rings. The number of amides is 1. The van der Waals surface area contributed by atoms with E-state index in [1.165, 1.54) is 18.2 Å². The topological polar surface area (TPSA) is 75.7 Å². The summed E-state index contributed by atoms with van der Waals surface area (Å²) in [6.45, 7) is -0.0201. The first-order valence-electron chi connectivity index (χ1n) is 9.21. The normalized spacial score (nSPS) is 11.1. The summed E-state index contributed by atoms with van der Waals surface area (Å²) in [4.78, 5) is 12.5. The molecule has 31 heavy (non-hydrogen) atoms. The van der Waals surface area contributed by atoms with Crippen LogP contribution in [0.3, 0.4) is 0 Å². The molecule has 0 aliphatic carbocycles. The molecule has 3 rings (SSSR count). The fourth-order valence-electron chi connectivity index (χ4n) is 2.81. The molecular formula is C22H20Cl2N2O4S. The van der Waals surface area contributed by atoms with E-state index in [-0.39, 0.29) is 0 Å². The van der Waals surface area contributed by atoms with E-state index in [1.54, 1.807) is 24.3 Å². The Kier molecular flexibility index (Phi) is 7.43. The van der Waals surface area contributed by atoms with Gasteiger partial charge >= 0.3 is 0 Å². The molecule has 1 amide bonds. The van der Waals surface area contributed by atoms with Crippen molar-refractivity contribution in [3.63, 3.8) is 0 Å². The van der Waals surface area contributed by atoms with Crippen molar-refractivity contribution in [2.75, 3.05) is 22.4 Å². The lowest BCUT2D eigenvalue weighted by molar-refractivity contribution is -0.114. The molecule has 1 N–H and O–H groups in total. The zero-order valence-electron chi connectivity index (χ0n) is 16.6. The average Bonchev–Trinajstić information content (AvgIpc) is 2.70. The first kappa shape index (κ1) is 22.9. The molecule has 0 saturated carbocycles. The highest BCUT2D eigenvalue weighted by atomic mass is 35.5. The van der Waals surface area contributed by atoms with Gasteiger partial charge in [0.05, 0.1) is 11.9 Å². The Morgan fingerprint density at radius 3 is 2.16 bits per heavy atom. The van der Waals surface area contributed by atoms with Gasteiger partial charge in [0, 0.05) is 15.7 Å². The standard InChI is InChI=1S/C22H20Cl2N2O4S/c1-31(28,29)26(14-22(27)25-19-12-17(23)11-18(24)13-19)20-7-9-21(10-8-20)30-15-16-5-3-2-4-6-16/h2-13H,14-15H2,1H3,(H,25,27). The first-order chi connectivity index (χ1) is 14.7. The van der Waals surface area contributed by atoms with E-state index in [4.69, 9.17) is 27.9 Å². The number of carbonyl (C=O) groups is 1. The highest BCUT2D eigenvalue weighted by Gasteiger charge is 2.21. The molecule has 3 aromatic rings. The zero-order valence-corrected chi connectivity index (χ0v) is 18.9. The van der Waals surface area contributed by atoms with Crippen LogP contribution in [0.5, 0.6) is 5.75 Å². The maximum Gasteiger partial charge on any atom is 0.245 e. The smallest absolute Gasteiger partial charge is 0.245 e. The molecule has 9 heteroatoms. The van der Waals surface area contributed by atoms with Crippen molar-refractivity contribution in [1.29, 1.82) is 0 Å². The summed E-state index contributed by atoms with van der Waals surface area (Å²) in [7, 11) is -3.71. The molecular weight excluding hydrogens is 459 g/mol. The van der Waals surface area contributed by atoms with E-state index in [9.17, 15) is 13.2 Å². The van der Waals surface area contributed by atoms with E-state index in [2.05, 4.69) is 5.32 Å². The van der Waals surface area contributed by atoms with Crippen molar-refractivity contribution in [2.24, 2.45) is 0 Å². The first-order valence-corrected chi connectivity index (χ1v) is 11.8. The molecule has 3 aromatic carbocycles. The van der Waals surface area contributed by atoms with Gasteiger partial charge in [0.15, 0.2) is 0 Å². The van der Waals surface area contributed by atoms with Gasteiger partial charge < -0.3 is 10.1 Å². The predicted octanol–water partition coefficient (Wildman–Crippen LogP) is 4.98. The minimum absolute atomic E-state index is 0.342. The van der Waals surface area contributed by atoms with E-state index in [0.717, 1.165) is 16.1 Å². The minimum Gasteiger partial charge on any atom is -0.489 e. The Hall–Kier alpha value is -2.74. The molecule has 0 heterocycles. The lowest BCUT2D eigenvalue weighted by Gasteiger charge is -2.22. The van der Waals surface area contributed by atoms with Crippen LogP contribution in [-0.2, 0) is 21.4 Å². The summed E-state index contributed by atoms with van der Waals surface area (Å²) in [5.41, 5.74) is 1.73. The molecule has 0 spiro atoms. The highest BCUT2D eigenvalue weighted by molar-refractivity contribution is 7.92. The van der Waals surface area contributed by atoms with Gasteiger partial charge in [0.2, 0.25) is 15.9 Å². The number of rotatable bonds is 8. The molecule has 0 saturated heterocycles. The number of halogens is 2. The number of nitrogens with one attached hydrogen (secondary N) is 1. The third kappa shape index (κ3) is 6.89. The monoisotopic (exact) mass is 478 g/mol. The third-order valence-corrected chi connectivity index (χ3v) is 5.78.